The van der Waals surface area contributed by atoms with Crippen LogP contribution in [-0.2, 0) is 0 Å². The molecule has 2 aromatic rings. The number of ether oxygens (including phenoxy) is 1. The molecule has 0 saturated carbocycles. The molecular formula is C13H11F2IN2O. The highest BCUT2D eigenvalue weighted by molar-refractivity contribution is 14.1. The largest absolute Gasteiger partial charge is 0.436 e. The smallest absolute Gasteiger partial charge is 0.258 e. The Balaban J connectivity index is 2.31. The summed E-state index contributed by atoms with van der Waals surface area (Å²) < 4.78 is 33.3. The van der Waals surface area contributed by atoms with Crippen LogP contribution in [0.25, 0.3) is 0 Å². The van der Waals surface area contributed by atoms with Gasteiger partial charge in [0, 0.05) is 16.2 Å². The van der Waals surface area contributed by atoms with Crippen LogP contribution in [-0.4, -0.2) is 11.5 Å². The summed E-state index contributed by atoms with van der Waals surface area (Å²) in [6, 6.07) is 7.83. The lowest BCUT2D eigenvalue weighted by molar-refractivity contribution is 0.418. The summed E-state index contributed by atoms with van der Waals surface area (Å²) in [6.45, 7) is 2.28. The second-order valence-corrected chi connectivity index (χ2v) is 4.94. The fourth-order valence-corrected chi connectivity index (χ4v) is 1.97. The number of nitrogens with one attached hydrogen (secondary N) is 1. The predicted molar refractivity (Wildman–Crippen MR) is 77.5 cm³/mol. The van der Waals surface area contributed by atoms with E-state index in [0.29, 0.717) is 12.3 Å². The van der Waals surface area contributed by atoms with Crippen LogP contribution in [0.1, 0.15) is 6.92 Å². The molecule has 2 rings (SSSR count). The van der Waals surface area contributed by atoms with Crippen LogP contribution in [0.3, 0.4) is 0 Å². The third-order valence-electron chi connectivity index (χ3n) is 2.25. The number of aromatic nitrogens is 1. The number of halogens is 3. The van der Waals surface area contributed by atoms with E-state index in [2.05, 4.69) is 32.9 Å². The zero-order chi connectivity index (χ0) is 13.8. The Kier molecular flexibility index (Phi) is 4.52. The van der Waals surface area contributed by atoms with Crippen LogP contribution >= 0.6 is 22.6 Å². The van der Waals surface area contributed by atoms with Gasteiger partial charge in [0.1, 0.15) is 5.75 Å². The van der Waals surface area contributed by atoms with Gasteiger partial charge in [-0.3, -0.25) is 0 Å². The number of anilines is 1. The monoisotopic (exact) mass is 376 g/mol. The minimum Gasteiger partial charge on any atom is -0.436 e. The summed E-state index contributed by atoms with van der Waals surface area (Å²) >= 11 is 2.12. The maximum atomic E-state index is 13.6. The van der Waals surface area contributed by atoms with Crippen LogP contribution in [0.2, 0.25) is 0 Å². The predicted octanol–water partition coefficient (Wildman–Crippen LogP) is 4.19. The highest BCUT2D eigenvalue weighted by atomic mass is 127. The molecule has 0 atom stereocenters. The van der Waals surface area contributed by atoms with Gasteiger partial charge in [-0.25, -0.2) is 8.78 Å². The van der Waals surface area contributed by atoms with E-state index < -0.39 is 11.6 Å². The van der Waals surface area contributed by atoms with Crippen LogP contribution in [0, 0.1) is 15.2 Å². The van der Waals surface area contributed by atoms with Crippen LogP contribution in [0.4, 0.5) is 14.6 Å². The summed E-state index contributed by atoms with van der Waals surface area (Å²) in [7, 11) is 0. The fraction of sp³-hybridized carbons (Fsp3) is 0.154. The molecule has 0 fully saturated rings. The molecule has 6 heteroatoms. The quantitative estimate of drug-likeness (QED) is 0.813. The summed E-state index contributed by atoms with van der Waals surface area (Å²) in [6.07, 6.45) is 0. The van der Waals surface area contributed by atoms with E-state index >= 15 is 0 Å². The molecule has 1 N–H and O–H groups in total. The van der Waals surface area contributed by atoms with Crippen molar-refractivity contribution in [1.82, 2.24) is 4.98 Å². The number of rotatable bonds is 4. The fourth-order valence-electron chi connectivity index (χ4n) is 1.45. The first kappa shape index (κ1) is 14.0. The van der Waals surface area contributed by atoms with Crippen molar-refractivity contribution >= 4 is 28.4 Å². The Morgan fingerprint density at radius 1 is 1.26 bits per heavy atom. The second kappa shape index (κ2) is 6.14. The van der Waals surface area contributed by atoms with Gasteiger partial charge in [0.05, 0.1) is 0 Å². The van der Waals surface area contributed by atoms with Gasteiger partial charge in [-0.15, -0.1) is 0 Å². The van der Waals surface area contributed by atoms with Crippen LogP contribution in [0.15, 0.2) is 30.3 Å². The first-order valence-corrected chi connectivity index (χ1v) is 6.71. The van der Waals surface area contributed by atoms with Crippen molar-refractivity contribution in [3.63, 3.8) is 0 Å². The first-order chi connectivity index (χ1) is 9.10. The lowest BCUT2D eigenvalue weighted by atomic mass is 10.3. The normalized spacial score (nSPS) is 10.3. The summed E-state index contributed by atoms with van der Waals surface area (Å²) in [5.41, 5.74) is 0. The molecule has 1 aromatic carbocycles. The van der Waals surface area contributed by atoms with Gasteiger partial charge < -0.3 is 10.1 Å². The van der Waals surface area contributed by atoms with Crippen molar-refractivity contribution in [2.24, 2.45) is 0 Å². The minimum atomic E-state index is -0.835. The number of hydrogen-bond donors (Lipinski definition) is 1. The third-order valence-corrected chi connectivity index (χ3v) is 2.92. The van der Waals surface area contributed by atoms with Crippen molar-refractivity contribution in [3.8, 4) is 11.6 Å². The molecule has 0 aliphatic heterocycles. The molecule has 100 valence electrons. The highest BCUT2D eigenvalue weighted by Crippen LogP contribution is 2.26. The SMILES string of the molecule is CCNc1nc(Oc2cccc(I)c2)c(F)cc1F. The van der Waals surface area contributed by atoms with Gasteiger partial charge in [0.25, 0.3) is 5.88 Å². The molecule has 0 unspecified atom stereocenters. The number of pyridine rings is 1. The van der Waals surface area contributed by atoms with Crippen molar-refractivity contribution < 1.29 is 13.5 Å². The van der Waals surface area contributed by atoms with E-state index in [0.717, 1.165) is 9.64 Å². The average molecular weight is 376 g/mol. The van der Waals surface area contributed by atoms with Crippen molar-refractivity contribution in [3.05, 3.63) is 45.5 Å². The molecule has 0 amide bonds. The summed E-state index contributed by atoms with van der Waals surface area (Å²) in [5, 5.41) is 2.71. The molecule has 0 aliphatic rings. The van der Waals surface area contributed by atoms with E-state index in [-0.39, 0.29) is 11.7 Å². The summed E-state index contributed by atoms with van der Waals surface area (Å²) in [5.74, 6) is -1.40. The number of benzene rings is 1. The van der Waals surface area contributed by atoms with Crippen molar-refractivity contribution in [1.29, 1.82) is 0 Å². The Morgan fingerprint density at radius 2 is 2.05 bits per heavy atom. The Hall–Kier alpha value is -1.44. The van der Waals surface area contributed by atoms with E-state index in [1.807, 2.05) is 6.07 Å². The molecule has 1 aromatic heterocycles. The first-order valence-electron chi connectivity index (χ1n) is 5.63. The van der Waals surface area contributed by atoms with Crippen molar-refractivity contribution in [2.45, 2.75) is 6.92 Å². The molecule has 0 aliphatic carbocycles. The minimum absolute atomic E-state index is 0.0236. The Labute approximate surface area is 123 Å². The lowest BCUT2D eigenvalue weighted by Gasteiger charge is -2.09. The molecule has 1 heterocycles. The van der Waals surface area contributed by atoms with Gasteiger partial charge in [0.15, 0.2) is 17.5 Å². The molecule has 0 saturated heterocycles. The van der Waals surface area contributed by atoms with Gasteiger partial charge in [0.2, 0.25) is 0 Å². The number of hydrogen-bond acceptors (Lipinski definition) is 3. The van der Waals surface area contributed by atoms with Gasteiger partial charge >= 0.3 is 0 Å². The Morgan fingerprint density at radius 3 is 2.74 bits per heavy atom. The molecular weight excluding hydrogens is 365 g/mol. The van der Waals surface area contributed by atoms with Gasteiger partial charge in [-0.1, -0.05) is 6.07 Å². The van der Waals surface area contributed by atoms with E-state index in [1.54, 1.807) is 25.1 Å². The van der Waals surface area contributed by atoms with Crippen LogP contribution < -0.4 is 10.1 Å². The molecule has 0 spiro atoms. The van der Waals surface area contributed by atoms with E-state index in [4.69, 9.17) is 4.74 Å². The van der Waals surface area contributed by atoms with Gasteiger partial charge in [-0.05, 0) is 47.7 Å². The van der Waals surface area contributed by atoms with E-state index in [9.17, 15) is 8.78 Å². The molecule has 0 radical (unpaired) electrons. The van der Waals surface area contributed by atoms with Crippen molar-refractivity contribution in [2.75, 3.05) is 11.9 Å². The Bertz CT molecular complexity index is 593. The second-order valence-electron chi connectivity index (χ2n) is 3.70. The lowest BCUT2D eigenvalue weighted by Crippen LogP contribution is -2.04. The third kappa shape index (κ3) is 3.52. The summed E-state index contributed by atoms with van der Waals surface area (Å²) in [4.78, 5) is 3.80. The molecule has 0 bridgehead atoms. The average Bonchev–Trinajstić information content (AvgIpc) is 2.35. The van der Waals surface area contributed by atoms with Crippen LogP contribution in [0.5, 0.6) is 11.6 Å². The molecule has 3 nitrogen and oxygen atoms in total. The maximum Gasteiger partial charge on any atom is 0.258 e. The maximum absolute atomic E-state index is 13.6. The van der Waals surface area contributed by atoms with E-state index in [1.165, 1.54) is 0 Å². The topological polar surface area (TPSA) is 34.2 Å². The zero-order valence-corrected chi connectivity index (χ0v) is 12.2. The number of nitrogens with zero attached hydrogens (tertiary/aromatic N) is 1. The molecule has 19 heavy (non-hydrogen) atoms. The standard InChI is InChI=1S/C13H11F2IN2O/c1-2-17-12-10(14)7-11(15)13(18-12)19-9-5-3-4-8(16)6-9/h3-7H,2H2,1H3,(H,17,18). The highest BCUT2D eigenvalue weighted by Gasteiger charge is 2.13. The van der Waals surface area contributed by atoms with Gasteiger partial charge in [-0.2, -0.15) is 4.98 Å². The zero-order valence-electron chi connectivity index (χ0n) is 10.1.